The second-order valence-corrected chi connectivity index (χ2v) is 6.74. The number of carbonyl (C=O) groups is 1. The van der Waals surface area contributed by atoms with Gasteiger partial charge < -0.3 is 14.5 Å². The van der Waals surface area contributed by atoms with E-state index in [2.05, 4.69) is 9.97 Å². The van der Waals surface area contributed by atoms with E-state index < -0.39 is 11.7 Å². The highest BCUT2D eigenvalue weighted by atomic mass is 32.2. The molecular weight excluding hydrogens is 340 g/mol. The van der Waals surface area contributed by atoms with Crippen LogP contribution in [-0.2, 0) is 4.74 Å². The number of aryl methyl sites for hydroxylation is 3. The van der Waals surface area contributed by atoms with Gasteiger partial charge in [-0.25, -0.2) is 9.59 Å². The molecule has 0 radical (unpaired) electrons. The highest BCUT2D eigenvalue weighted by molar-refractivity contribution is 7.99. The molecule has 0 spiro atoms. The van der Waals surface area contributed by atoms with Crippen LogP contribution in [0, 0.1) is 20.8 Å². The van der Waals surface area contributed by atoms with Crippen LogP contribution in [0.5, 0.6) is 5.75 Å². The third-order valence-electron chi connectivity index (χ3n) is 3.60. The topological polar surface area (TPSA) is 81.3 Å². The highest BCUT2D eigenvalue weighted by Crippen LogP contribution is 2.23. The van der Waals surface area contributed by atoms with Gasteiger partial charge in [-0.1, -0.05) is 12.1 Å². The minimum Gasteiger partial charge on any atom is -0.493 e. The van der Waals surface area contributed by atoms with Crippen molar-refractivity contribution in [1.29, 1.82) is 0 Å². The van der Waals surface area contributed by atoms with Gasteiger partial charge in [0.15, 0.2) is 0 Å². The van der Waals surface area contributed by atoms with Crippen molar-refractivity contribution in [3.05, 3.63) is 51.1 Å². The standard InChI is InChI=1S/C18H22N2O4S/c1-11-6-7-12(2)14(10-11)24-8-5-9-25-16-15(17(21)23-4)13(3)19-18(22)20-16/h6-7,10H,5,8-9H2,1-4H3,(H,19,20,22). The molecule has 0 saturated carbocycles. The number of rotatable bonds is 7. The van der Waals surface area contributed by atoms with Gasteiger partial charge in [0, 0.05) is 11.4 Å². The van der Waals surface area contributed by atoms with Gasteiger partial charge in [-0.3, -0.25) is 0 Å². The van der Waals surface area contributed by atoms with E-state index in [4.69, 9.17) is 9.47 Å². The summed E-state index contributed by atoms with van der Waals surface area (Å²) in [6, 6.07) is 6.10. The molecule has 134 valence electrons. The molecule has 0 atom stereocenters. The maximum atomic E-state index is 11.9. The van der Waals surface area contributed by atoms with Crippen LogP contribution in [-0.4, -0.2) is 35.4 Å². The molecule has 1 aromatic heterocycles. The third kappa shape index (κ3) is 5.09. The zero-order valence-electron chi connectivity index (χ0n) is 14.8. The molecule has 0 aliphatic rings. The number of methoxy groups -OCH3 is 1. The Morgan fingerprint density at radius 3 is 2.76 bits per heavy atom. The number of benzene rings is 1. The fraction of sp³-hybridized carbons (Fsp3) is 0.389. The Morgan fingerprint density at radius 2 is 2.04 bits per heavy atom. The SMILES string of the molecule is COC(=O)c1c(SCCCOc2cc(C)ccc2C)nc(=O)[nH]c1C. The molecular formula is C18H22N2O4S. The predicted molar refractivity (Wildman–Crippen MR) is 97.7 cm³/mol. The van der Waals surface area contributed by atoms with Crippen LogP contribution in [0.25, 0.3) is 0 Å². The molecule has 2 rings (SSSR count). The van der Waals surface area contributed by atoms with E-state index in [9.17, 15) is 9.59 Å². The van der Waals surface area contributed by atoms with E-state index in [1.165, 1.54) is 18.9 Å². The van der Waals surface area contributed by atoms with Crippen molar-refractivity contribution >= 4 is 17.7 Å². The Hall–Kier alpha value is -2.28. The summed E-state index contributed by atoms with van der Waals surface area (Å²) < 4.78 is 10.6. The van der Waals surface area contributed by atoms with Gasteiger partial charge in [0.1, 0.15) is 16.3 Å². The molecule has 0 unspecified atom stereocenters. The Balaban J connectivity index is 1.95. The molecule has 2 aromatic rings. The number of aromatic amines is 1. The van der Waals surface area contributed by atoms with Crippen molar-refractivity contribution in [1.82, 2.24) is 9.97 Å². The van der Waals surface area contributed by atoms with Crippen LogP contribution in [0.4, 0.5) is 0 Å². The Labute approximate surface area is 151 Å². The lowest BCUT2D eigenvalue weighted by molar-refractivity contribution is 0.0594. The molecule has 25 heavy (non-hydrogen) atoms. The van der Waals surface area contributed by atoms with E-state index in [0.29, 0.717) is 28.6 Å². The molecule has 0 saturated heterocycles. The molecule has 1 aromatic carbocycles. The summed E-state index contributed by atoms with van der Waals surface area (Å²) >= 11 is 1.35. The molecule has 0 amide bonds. The number of hydrogen-bond donors (Lipinski definition) is 1. The van der Waals surface area contributed by atoms with Crippen LogP contribution in [0.3, 0.4) is 0 Å². The zero-order chi connectivity index (χ0) is 18.4. The second kappa shape index (κ2) is 8.71. The monoisotopic (exact) mass is 362 g/mol. The van der Waals surface area contributed by atoms with Crippen molar-refractivity contribution in [3.8, 4) is 5.75 Å². The van der Waals surface area contributed by atoms with Crippen LogP contribution in [0.2, 0.25) is 0 Å². The lowest BCUT2D eigenvalue weighted by Crippen LogP contribution is -2.19. The van der Waals surface area contributed by atoms with Gasteiger partial charge in [-0.15, -0.1) is 11.8 Å². The first-order valence-electron chi connectivity index (χ1n) is 7.94. The van der Waals surface area contributed by atoms with E-state index in [1.807, 2.05) is 32.0 Å². The maximum absolute atomic E-state index is 11.9. The molecule has 0 bridgehead atoms. The zero-order valence-corrected chi connectivity index (χ0v) is 15.7. The third-order valence-corrected chi connectivity index (χ3v) is 4.67. The lowest BCUT2D eigenvalue weighted by Gasteiger charge is -2.11. The summed E-state index contributed by atoms with van der Waals surface area (Å²) in [6.07, 6.45) is 0.756. The number of aromatic nitrogens is 2. The fourth-order valence-electron chi connectivity index (χ4n) is 2.28. The normalized spacial score (nSPS) is 10.6. The van der Waals surface area contributed by atoms with Crippen LogP contribution in [0.15, 0.2) is 28.0 Å². The number of carbonyl (C=O) groups excluding carboxylic acids is 1. The number of nitrogens with one attached hydrogen (secondary N) is 1. The quantitative estimate of drug-likeness (QED) is 0.353. The first-order chi connectivity index (χ1) is 11.9. The summed E-state index contributed by atoms with van der Waals surface area (Å²) in [7, 11) is 1.30. The average Bonchev–Trinajstić information content (AvgIpc) is 2.56. The number of H-pyrrole nitrogens is 1. The highest BCUT2D eigenvalue weighted by Gasteiger charge is 2.18. The van der Waals surface area contributed by atoms with Crippen LogP contribution < -0.4 is 10.4 Å². The van der Waals surface area contributed by atoms with Gasteiger partial charge in [0.25, 0.3) is 0 Å². The van der Waals surface area contributed by atoms with E-state index in [-0.39, 0.29) is 0 Å². The summed E-state index contributed by atoms with van der Waals surface area (Å²) in [5, 5.41) is 0.389. The minimum atomic E-state index is -0.504. The predicted octanol–water partition coefficient (Wildman–Crippen LogP) is 3.04. The fourth-order valence-corrected chi connectivity index (χ4v) is 3.26. The summed E-state index contributed by atoms with van der Waals surface area (Å²) in [5.41, 5.74) is 2.54. The van der Waals surface area contributed by atoms with E-state index in [1.54, 1.807) is 6.92 Å². The molecule has 6 nitrogen and oxygen atoms in total. The molecule has 1 N–H and O–H groups in total. The van der Waals surface area contributed by atoms with Gasteiger partial charge in [0.05, 0.1) is 13.7 Å². The van der Waals surface area contributed by atoms with Crippen LogP contribution >= 0.6 is 11.8 Å². The molecule has 0 aliphatic heterocycles. The number of nitrogens with zero attached hydrogens (tertiary/aromatic N) is 1. The van der Waals surface area contributed by atoms with Gasteiger partial charge in [-0.2, -0.15) is 4.98 Å². The van der Waals surface area contributed by atoms with Crippen molar-refractivity contribution in [2.75, 3.05) is 19.5 Å². The summed E-state index contributed by atoms with van der Waals surface area (Å²) in [5.74, 6) is 1.05. The largest absolute Gasteiger partial charge is 0.493 e. The van der Waals surface area contributed by atoms with Crippen molar-refractivity contribution < 1.29 is 14.3 Å². The van der Waals surface area contributed by atoms with Crippen molar-refractivity contribution in [3.63, 3.8) is 0 Å². The second-order valence-electron chi connectivity index (χ2n) is 5.66. The van der Waals surface area contributed by atoms with Crippen LogP contribution in [0.1, 0.15) is 33.6 Å². The van der Waals surface area contributed by atoms with E-state index in [0.717, 1.165) is 23.3 Å². The van der Waals surface area contributed by atoms with Crippen molar-refractivity contribution in [2.45, 2.75) is 32.2 Å². The smallest absolute Gasteiger partial charge is 0.346 e. The first-order valence-corrected chi connectivity index (χ1v) is 8.93. The van der Waals surface area contributed by atoms with E-state index >= 15 is 0 Å². The number of thioether (sulfide) groups is 1. The molecule has 0 fully saturated rings. The average molecular weight is 362 g/mol. The number of esters is 1. The van der Waals surface area contributed by atoms with Gasteiger partial charge in [0.2, 0.25) is 0 Å². The first kappa shape index (κ1) is 19.1. The summed E-state index contributed by atoms with van der Waals surface area (Å²) in [4.78, 5) is 29.9. The lowest BCUT2D eigenvalue weighted by atomic mass is 10.1. The minimum absolute atomic E-state index is 0.308. The molecule has 0 aliphatic carbocycles. The Kier molecular flexibility index (Phi) is 6.64. The Morgan fingerprint density at radius 1 is 1.28 bits per heavy atom. The van der Waals surface area contributed by atoms with Gasteiger partial charge in [-0.05, 0) is 44.4 Å². The molecule has 7 heteroatoms. The summed E-state index contributed by atoms with van der Waals surface area (Å²) in [6.45, 7) is 6.24. The van der Waals surface area contributed by atoms with Gasteiger partial charge >= 0.3 is 11.7 Å². The number of ether oxygens (including phenoxy) is 2. The maximum Gasteiger partial charge on any atom is 0.346 e. The Bertz CT molecular complexity index is 817. The number of hydrogen-bond acceptors (Lipinski definition) is 6. The van der Waals surface area contributed by atoms with Crippen molar-refractivity contribution in [2.24, 2.45) is 0 Å². The molecule has 1 heterocycles.